The highest BCUT2D eigenvalue weighted by molar-refractivity contribution is 8.00. The van der Waals surface area contributed by atoms with Crippen molar-refractivity contribution >= 4 is 46.9 Å². The summed E-state index contributed by atoms with van der Waals surface area (Å²) >= 11 is 1.36. The Bertz CT molecular complexity index is 1590. The molecule has 1 unspecified atom stereocenters. The lowest BCUT2D eigenvalue weighted by Crippen LogP contribution is -2.30. The average molecular weight is 580 g/mol. The molecular weight excluding hydrogens is 546 g/mol. The minimum Gasteiger partial charge on any atom is -0.492 e. The third kappa shape index (κ3) is 8.59. The van der Waals surface area contributed by atoms with Crippen molar-refractivity contribution in [3.05, 3.63) is 126 Å². The molecule has 0 spiro atoms. The second-order valence-electron chi connectivity index (χ2n) is 9.45. The van der Waals surface area contributed by atoms with Crippen LogP contribution in [-0.4, -0.2) is 29.6 Å². The Hall–Kier alpha value is -4.82. The first kappa shape index (κ1) is 30.1. The summed E-state index contributed by atoms with van der Waals surface area (Å²) < 4.78 is 5.61. The molecule has 0 heterocycles. The molecule has 0 bridgehead atoms. The van der Waals surface area contributed by atoms with Crippen LogP contribution in [0.1, 0.15) is 35.3 Å². The summed E-state index contributed by atoms with van der Waals surface area (Å²) in [5, 5.41) is 8.16. The van der Waals surface area contributed by atoms with E-state index < -0.39 is 11.2 Å². The Labute approximate surface area is 250 Å². The number of ether oxygens (including phenoxy) is 1. The van der Waals surface area contributed by atoms with Gasteiger partial charge >= 0.3 is 0 Å². The molecule has 0 saturated heterocycles. The molecule has 8 heteroatoms. The molecule has 0 saturated carbocycles. The SMILES string of the molecule is CCOc1ccccc1NC(=O)C(C)Sc1cccc(NC(=O)/C(=C\c2cccc(C)c2)NC(=O)c2ccccc2)c1. The number of carbonyl (C=O) groups is 3. The lowest BCUT2D eigenvalue weighted by molar-refractivity contribution is -0.115. The van der Waals surface area contributed by atoms with Gasteiger partial charge in [-0.3, -0.25) is 14.4 Å². The van der Waals surface area contributed by atoms with E-state index in [4.69, 9.17) is 4.74 Å². The average Bonchev–Trinajstić information content (AvgIpc) is 2.98. The van der Waals surface area contributed by atoms with Crippen molar-refractivity contribution in [1.29, 1.82) is 0 Å². The van der Waals surface area contributed by atoms with Crippen LogP contribution >= 0.6 is 11.8 Å². The Kier molecular flexibility index (Phi) is 10.6. The van der Waals surface area contributed by atoms with Crippen LogP contribution in [0.3, 0.4) is 0 Å². The molecule has 3 N–H and O–H groups in total. The lowest BCUT2D eigenvalue weighted by atomic mass is 10.1. The van der Waals surface area contributed by atoms with Crippen molar-refractivity contribution in [3.8, 4) is 5.75 Å². The maximum absolute atomic E-state index is 13.4. The van der Waals surface area contributed by atoms with Crippen LogP contribution in [0.15, 0.2) is 114 Å². The van der Waals surface area contributed by atoms with Crippen molar-refractivity contribution in [3.63, 3.8) is 0 Å². The fourth-order valence-corrected chi connectivity index (χ4v) is 4.98. The molecule has 4 aromatic rings. The minimum absolute atomic E-state index is 0.105. The fourth-order valence-electron chi connectivity index (χ4n) is 4.06. The number of rotatable bonds is 11. The third-order valence-electron chi connectivity index (χ3n) is 6.10. The van der Waals surface area contributed by atoms with Crippen molar-refractivity contribution < 1.29 is 19.1 Å². The van der Waals surface area contributed by atoms with Crippen LogP contribution in [0, 0.1) is 6.92 Å². The first-order valence-corrected chi connectivity index (χ1v) is 14.5. The second kappa shape index (κ2) is 14.7. The van der Waals surface area contributed by atoms with Gasteiger partial charge in [-0.05, 0) is 74.9 Å². The standard InChI is InChI=1S/C34H33N3O4S/c1-4-41-31-19-9-8-18-29(31)36-32(38)24(3)42-28-17-11-16-27(22-28)35-34(40)30(21-25-13-10-12-23(2)20-25)37-33(39)26-14-6-5-7-15-26/h5-22,24H,4H2,1-3H3,(H,35,40)(H,36,38)(H,37,39)/b30-21+. The van der Waals surface area contributed by atoms with E-state index in [-0.39, 0.29) is 17.5 Å². The molecule has 0 aliphatic heterocycles. The number of para-hydroxylation sites is 2. The molecule has 42 heavy (non-hydrogen) atoms. The summed E-state index contributed by atoms with van der Waals surface area (Å²) in [5.74, 6) is -0.418. The number of benzene rings is 4. The largest absolute Gasteiger partial charge is 0.492 e. The van der Waals surface area contributed by atoms with Crippen LogP contribution in [0.2, 0.25) is 0 Å². The zero-order valence-electron chi connectivity index (χ0n) is 23.7. The van der Waals surface area contributed by atoms with Gasteiger partial charge in [0.25, 0.3) is 11.8 Å². The van der Waals surface area contributed by atoms with Gasteiger partial charge in [0.1, 0.15) is 11.4 Å². The van der Waals surface area contributed by atoms with Crippen LogP contribution in [-0.2, 0) is 9.59 Å². The predicted octanol–water partition coefficient (Wildman–Crippen LogP) is 6.92. The van der Waals surface area contributed by atoms with E-state index in [1.807, 2.05) is 75.4 Å². The van der Waals surface area contributed by atoms with Crippen LogP contribution in [0.5, 0.6) is 5.75 Å². The number of hydrogen-bond acceptors (Lipinski definition) is 5. The van der Waals surface area contributed by atoms with E-state index in [0.717, 1.165) is 16.0 Å². The highest BCUT2D eigenvalue weighted by atomic mass is 32.2. The van der Waals surface area contributed by atoms with Gasteiger partial charge in [-0.1, -0.05) is 66.2 Å². The molecule has 0 aliphatic carbocycles. The molecule has 214 valence electrons. The molecule has 0 radical (unpaired) electrons. The first-order valence-electron chi connectivity index (χ1n) is 13.6. The number of anilines is 2. The van der Waals surface area contributed by atoms with Gasteiger partial charge in [0.15, 0.2) is 0 Å². The van der Waals surface area contributed by atoms with Gasteiger partial charge in [-0.25, -0.2) is 0 Å². The molecule has 3 amide bonds. The van der Waals surface area contributed by atoms with Gasteiger partial charge < -0.3 is 20.7 Å². The maximum atomic E-state index is 13.4. The number of aryl methyl sites for hydroxylation is 1. The van der Waals surface area contributed by atoms with Gasteiger partial charge in [0.05, 0.1) is 17.5 Å². The maximum Gasteiger partial charge on any atom is 0.272 e. The van der Waals surface area contributed by atoms with Gasteiger partial charge in [-0.2, -0.15) is 0 Å². The minimum atomic E-state index is -0.471. The van der Waals surface area contributed by atoms with E-state index in [1.54, 1.807) is 54.6 Å². The monoisotopic (exact) mass is 579 g/mol. The first-order chi connectivity index (χ1) is 20.3. The molecule has 7 nitrogen and oxygen atoms in total. The summed E-state index contributed by atoms with van der Waals surface area (Å²) in [6.45, 7) is 6.16. The van der Waals surface area contributed by atoms with Gasteiger partial charge in [0.2, 0.25) is 5.91 Å². The van der Waals surface area contributed by atoms with Crippen molar-refractivity contribution in [1.82, 2.24) is 5.32 Å². The summed E-state index contributed by atoms with van der Waals surface area (Å²) in [6, 6.07) is 30.9. The predicted molar refractivity (Wildman–Crippen MR) is 170 cm³/mol. The topological polar surface area (TPSA) is 96.5 Å². The molecule has 4 aromatic carbocycles. The summed E-state index contributed by atoms with van der Waals surface area (Å²) in [5.41, 5.74) is 3.50. The lowest BCUT2D eigenvalue weighted by Gasteiger charge is -2.15. The molecule has 0 aliphatic rings. The van der Waals surface area contributed by atoms with Crippen LogP contribution < -0.4 is 20.7 Å². The molecule has 1 atom stereocenters. The van der Waals surface area contributed by atoms with Crippen LogP contribution in [0.25, 0.3) is 6.08 Å². The normalized spacial score (nSPS) is 11.7. The highest BCUT2D eigenvalue weighted by Gasteiger charge is 2.18. The molecule has 0 fully saturated rings. The van der Waals surface area contributed by atoms with Gasteiger partial charge in [0, 0.05) is 16.1 Å². The van der Waals surface area contributed by atoms with Crippen molar-refractivity contribution in [2.75, 3.05) is 17.2 Å². The number of hydrogen-bond donors (Lipinski definition) is 3. The van der Waals surface area contributed by atoms with E-state index in [9.17, 15) is 14.4 Å². The highest BCUT2D eigenvalue weighted by Crippen LogP contribution is 2.29. The quantitative estimate of drug-likeness (QED) is 0.132. The zero-order chi connectivity index (χ0) is 29.9. The van der Waals surface area contributed by atoms with Crippen molar-refractivity contribution in [2.45, 2.75) is 30.9 Å². The summed E-state index contributed by atoms with van der Waals surface area (Å²) in [7, 11) is 0. The van der Waals surface area contributed by atoms with E-state index in [2.05, 4.69) is 16.0 Å². The third-order valence-corrected chi connectivity index (χ3v) is 7.19. The summed E-state index contributed by atoms with van der Waals surface area (Å²) in [4.78, 5) is 40.1. The molecule has 0 aromatic heterocycles. The van der Waals surface area contributed by atoms with E-state index in [0.29, 0.717) is 29.3 Å². The zero-order valence-corrected chi connectivity index (χ0v) is 24.5. The Morgan fingerprint density at radius 1 is 0.857 bits per heavy atom. The molecule has 4 rings (SSSR count). The number of carbonyl (C=O) groups excluding carboxylic acids is 3. The van der Waals surface area contributed by atoms with E-state index >= 15 is 0 Å². The smallest absolute Gasteiger partial charge is 0.272 e. The Morgan fingerprint density at radius 3 is 2.36 bits per heavy atom. The summed E-state index contributed by atoms with van der Waals surface area (Å²) in [6.07, 6.45) is 1.65. The van der Waals surface area contributed by atoms with Gasteiger partial charge in [-0.15, -0.1) is 11.8 Å². The van der Waals surface area contributed by atoms with Crippen LogP contribution in [0.4, 0.5) is 11.4 Å². The molecular formula is C34H33N3O4S. The number of amides is 3. The fraction of sp³-hybridized carbons (Fsp3) is 0.147. The number of thioether (sulfide) groups is 1. The van der Waals surface area contributed by atoms with Crippen molar-refractivity contribution in [2.24, 2.45) is 0 Å². The number of nitrogens with one attached hydrogen (secondary N) is 3. The van der Waals surface area contributed by atoms with E-state index in [1.165, 1.54) is 11.8 Å². The Morgan fingerprint density at radius 2 is 1.60 bits per heavy atom. The second-order valence-corrected chi connectivity index (χ2v) is 10.9. The Balaban J connectivity index is 1.47.